The Hall–Kier alpha value is -2.21. The number of carbonyl (C=O) groups excluding carboxylic acids is 1. The fourth-order valence-electron chi connectivity index (χ4n) is 2.44. The average Bonchev–Trinajstić information content (AvgIpc) is 2.98. The fraction of sp³-hybridized carbons (Fsp3) is 0.312. The molecule has 0 aliphatic rings. The van der Waals surface area contributed by atoms with Crippen LogP contribution in [0, 0.1) is 20.8 Å². The maximum Gasteiger partial charge on any atom is 0.224 e. The van der Waals surface area contributed by atoms with Gasteiger partial charge in [-0.15, -0.1) is 11.3 Å². The lowest BCUT2D eigenvalue weighted by Crippen LogP contribution is -2.12. The summed E-state index contributed by atoms with van der Waals surface area (Å²) in [6.07, 6.45) is 1.04. The SMILES string of the molecule is Cc1nc2ccc(NC(=O)CCc3c(C)noc3C)cc2s1. The predicted octanol–water partition coefficient (Wildman–Crippen LogP) is 3.78. The summed E-state index contributed by atoms with van der Waals surface area (Å²) in [5.41, 5.74) is 3.65. The molecular weight excluding hydrogens is 298 g/mol. The van der Waals surface area contributed by atoms with Gasteiger partial charge in [-0.3, -0.25) is 4.79 Å². The summed E-state index contributed by atoms with van der Waals surface area (Å²) in [7, 11) is 0. The molecule has 0 aliphatic heterocycles. The number of hydrogen-bond donors (Lipinski definition) is 1. The van der Waals surface area contributed by atoms with Crippen molar-refractivity contribution in [1.82, 2.24) is 10.1 Å². The van der Waals surface area contributed by atoms with Crippen molar-refractivity contribution >= 4 is 33.1 Å². The van der Waals surface area contributed by atoms with Crippen molar-refractivity contribution in [2.24, 2.45) is 0 Å². The highest BCUT2D eigenvalue weighted by Crippen LogP contribution is 2.25. The molecule has 3 rings (SSSR count). The number of nitrogens with zero attached hydrogens (tertiary/aromatic N) is 2. The van der Waals surface area contributed by atoms with Gasteiger partial charge in [0.05, 0.1) is 20.9 Å². The molecule has 6 heteroatoms. The quantitative estimate of drug-likeness (QED) is 0.795. The Morgan fingerprint density at radius 3 is 2.86 bits per heavy atom. The van der Waals surface area contributed by atoms with Crippen LogP contribution in [-0.4, -0.2) is 16.0 Å². The first-order valence-corrected chi connectivity index (χ1v) is 7.93. The largest absolute Gasteiger partial charge is 0.361 e. The summed E-state index contributed by atoms with van der Waals surface area (Å²) in [6, 6.07) is 5.78. The number of carbonyl (C=O) groups is 1. The van der Waals surface area contributed by atoms with Crippen LogP contribution in [0.15, 0.2) is 22.7 Å². The van der Waals surface area contributed by atoms with Crippen molar-refractivity contribution in [3.63, 3.8) is 0 Å². The number of thiazole rings is 1. The van der Waals surface area contributed by atoms with Gasteiger partial charge in [0.25, 0.3) is 0 Å². The van der Waals surface area contributed by atoms with Gasteiger partial charge in [-0.05, 0) is 45.4 Å². The second-order valence-electron chi connectivity index (χ2n) is 5.27. The molecule has 5 nitrogen and oxygen atoms in total. The molecule has 1 N–H and O–H groups in total. The highest BCUT2D eigenvalue weighted by molar-refractivity contribution is 7.18. The molecule has 2 aromatic heterocycles. The van der Waals surface area contributed by atoms with Crippen LogP contribution in [0.3, 0.4) is 0 Å². The lowest BCUT2D eigenvalue weighted by atomic mass is 10.1. The van der Waals surface area contributed by atoms with Crippen LogP contribution in [0.2, 0.25) is 0 Å². The molecule has 0 aliphatic carbocycles. The molecule has 0 radical (unpaired) electrons. The first-order chi connectivity index (χ1) is 10.5. The van der Waals surface area contributed by atoms with Gasteiger partial charge in [-0.25, -0.2) is 4.98 Å². The molecule has 0 fully saturated rings. The second-order valence-corrected chi connectivity index (χ2v) is 6.50. The lowest BCUT2D eigenvalue weighted by molar-refractivity contribution is -0.116. The van der Waals surface area contributed by atoms with E-state index < -0.39 is 0 Å². The molecule has 0 bridgehead atoms. The third-order valence-corrected chi connectivity index (χ3v) is 4.50. The summed E-state index contributed by atoms with van der Waals surface area (Å²) in [4.78, 5) is 16.5. The first-order valence-electron chi connectivity index (χ1n) is 7.12. The van der Waals surface area contributed by atoms with E-state index in [2.05, 4.69) is 15.5 Å². The van der Waals surface area contributed by atoms with E-state index >= 15 is 0 Å². The number of benzene rings is 1. The van der Waals surface area contributed by atoms with Gasteiger partial charge in [0.2, 0.25) is 5.91 Å². The van der Waals surface area contributed by atoms with E-state index in [1.165, 1.54) is 0 Å². The van der Waals surface area contributed by atoms with Gasteiger partial charge in [0.15, 0.2) is 0 Å². The highest BCUT2D eigenvalue weighted by Gasteiger charge is 2.11. The monoisotopic (exact) mass is 315 g/mol. The van der Waals surface area contributed by atoms with E-state index in [-0.39, 0.29) is 5.91 Å². The zero-order chi connectivity index (χ0) is 15.7. The number of rotatable bonds is 4. The van der Waals surface area contributed by atoms with Crippen molar-refractivity contribution < 1.29 is 9.32 Å². The van der Waals surface area contributed by atoms with Crippen molar-refractivity contribution in [2.75, 3.05) is 5.32 Å². The van der Waals surface area contributed by atoms with Gasteiger partial charge >= 0.3 is 0 Å². The molecular formula is C16H17N3O2S. The maximum absolute atomic E-state index is 12.1. The first kappa shape index (κ1) is 14.7. The van der Waals surface area contributed by atoms with Crippen molar-refractivity contribution in [2.45, 2.75) is 33.6 Å². The number of aromatic nitrogens is 2. The third kappa shape index (κ3) is 3.01. The van der Waals surface area contributed by atoms with E-state index in [9.17, 15) is 4.79 Å². The Balaban J connectivity index is 1.65. The molecule has 1 aromatic carbocycles. The smallest absolute Gasteiger partial charge is 0.224 e. The topological polar surface area (TPSA) is 68.0 Å². The Kier molecular flexibility index (Phi) is 3.94. The van der Waals surface area contributed by atoms with Gasteiger partial charge in [-0.1, -0.05) is 5.16 Å². The maximum atomic E-state index is 12.1. The number of amides is 1. The van der Waals surface area contributed by atoms with Crippen molar-refractivity contribution in [3.8, 4) is 0 Å². The zero-order valence-corrected chi connectivity index (χ0v) is 13.6. The van der Waals surface area contributed by atoms with Crippen LogP contribution in [-0.2, 0) is 11.2 Å². The number of aryl methyl sites for hydroxylation is 3. The minimum Gasteiger partial charge on any atom is -0.361 e. The molecule has 114 valence electrons. The molecule has 3 aromatic rings. The summed E-state index contributed by atoms with van der Waals surface area (Å²) in [5.74, 6) is 0.771. The molecule has 22 heavy (non-hydrogen) atoms. The van der Waals surface area contributed by atoms with Gasteiger partial charge in [0, 0.05) is 17.7 Å². The molecule has 0 atom stereocenters. The Morgan fingerprint density at radius 2 is 2.14 bits per heavy atom. The summed E-state index contributed by atoms with van der Waals surface area (Å²) < 4.78 is 6.19. The highest BCUT2D eigenvalue weighted by atomic mass is 32.1. The summed E-state index contributed by atoms with van der Waals surface area (Å²) >= 11 is 1.63. The van der Waals surface area contributed by atoms with Crippen LogP contribution >= 0.6 is 11.3 Å². The Bertz CT molecular complexity index is 816. The van der Waals surface area contributed by atoms with Crippen LogP contribution < -0.4 is 5.32 Å². The molecule has 2 heterocycles. The second kappa shape index (κ2) is 5.88. The molecule has 0 unspecified atom stereocenters. The predicted molar refractivity (Wildman–Crippen MR) is 87.3 cm³/mol. The van der Waals surface area contributed by atoms with Crippen LogP contribution in [0.4, 0.5) is 5.69 Å². The van der Waals surface area contributed by atoms with Gasteiger partial charge in [-0.2, -0.15) is 0 Å². The van der Waals surface area contributed by atoms with Crippen molar-refractivity contribution in [1.29, 1.82) is 0 Å². The van der Waals surface area contributed by atoms with E-state index in [1.54, 1.807) is 11.3 Å². The third-order valence-electron chi connectivity index (χ3n) is 3.56. The number of anilines is 1. The van der Waals surface area contributed by atoms with Gasteiger partial charge < -0.3 is 9.84 Å². The lowest BCUT2D eigenvalue weighted by Gasteiger charge is -2.05. The van der Waals surface area contributed by atoms with Crippen LogP contribution in [0.25, 0.3) is 10.2 Å². The standard InChI is InChI=1S/C16H17N3O2S/c1-9-13(10(2)21-19-9)5-7-16(20)18-12-4-6-14-15(8-12)22-11(3)17-14/h4,6,8H,5,7H2,1-3H3,(H,18,20). The number of nitrogens with one attached hydrogen (secondary N) is 1. The van der Waals surface area contributed by atoms with E-state index in [1.807, 2.05) is 39.0 Å². The minimum atomic E-state index is -0.0133. The molecule has 1 amide bonds. The van der Waals surface area contributed by atoms with E-state index in [0.717, 1.165) is 37.9 Å². The number of fused-ring (bicyclic) bond motifs is 1. The van der Waals surface area contributed by atoms with E-state index in [4.69, 9.17) is 4.52 Å². The summed E-state index contributed by atoms with van der Waals surface area (Å²) in [6.45, 7) is 5.74. The zero-order valence-electron chi connectivity index (χ0n) is 12.8. The molecule has 0 saturated carbocycles. The molecule has 0 saturated heterocycles. The fourth-order valence-corrected chi connectivity index (χ4v) is 3.30. The van der Waals surface area contributed by atoms with Crippen molar-refractivity contribution in [3.05, 3.63) is 40.2 Å². The van der Waals surface area contributed by atoms with Crippen LogP contribution in [0.5, 0.6) is 0 Å². The number of hydrogen-bond acceptors (Lipinski definition) is 5. The molecule has 0 spiro atoms. The summed E-state index contributed by atoms with van der Waals surface area (Å²) in [5, 5.41) is 7.86. The minimum absolute atomic E-state index is 0.0133. The van der Waals surface area contributed by atoms with Gasteiger partial charge in [0.1, 0.15) is 5.76 Å². The average molecular weight is 315 g/mol. The van der Waals surface area contributed by atoms with Crippen LogP contribution in [0.1, 0.15) is 28.4 Å². The Labute approximate surface area is 132 Å². The van der Waals surface area contributed by atoms with E-state index in [0.29, 0.717) is 12.8 Å². The Morgan fingerprint density at radius 1 is 1.32 bits per heavy atom. The normalized spacial score (nSPS) is 11.0.